The number of aryl methyl sites for hydroxylation is 1. The SMILES string of the molecule is COc1ccc2c(c1)C(CNCc1ccccc1)C(O)CC2.Cl. The third kappa shape index (κ3) is 4.25. The van der Waals surface area contributed by atoms with Gasteiger partial charge in [0.2, 0.25) is 0 Å². The predicted molar refractivity (Wildman–Crippen MR) is 95.5 cm³/mol. The Morgan fingerprint density at radius 2 is 1.96 bits per heavy atom. The lowest BCUT2D eigenvalue weighted by Crippen LogP contribution is -2.33. The molecule has 1 aliphatic carbocycles. The number of aliphatic hydroxyl groups is 1. The van der Waals surface area contributed by atoms with Crippen LogP contribution in [0.3, 0.4) is 0 Å². The normalized spacial score (nSPS) is 19.6. The second-order valence-corrected chi connectivity index (χ2v) is 5.89. The lowest BCUT2D eigenvalue weighted by Gasteiger charge is -2.31. The predicted octanol–water partition coefficient (Wildman–Crippen LogP) is 3.30. The van der Waals surface area contributed by atoms with Gasteiger partial charge in [-0.15, -0.1) is 12.4 Å². The zero-order valence-corrected chi connectivity index (χ0v) is 14.2. The largest absolute Gasteiger partial charge is 0.497 e. The topological polar surface area (TPSA) is 41.5 Å². The zero-order chi connectivity index (χ0) is 15.4. The van der Waals surface area contributed by atoms with Crippen molar-refractivity contribution in [3.8, 4) is 5.75 Å². The summed E-state index contributed by atoms with van der Waals surface area (Å²) in [6, 6.07) is 16.6. The van der Waals surface area contributed by atoms with E-state index in [1.54, 1.807) is 7.11 Å². The van der Waals surface area contributed by atoms with Crippen molar-refractivity contribution in [2.75, 3.05) is 13.7 Å². The Labute approximate surface area is 144 Å². The molecule has 2 unspecified atom stereocenters. The highest BCUT2D eigenvalue weighted by Crippen LogP contribution is 2.34. The number of benzene rings is 2. The fourth-order valence-electron chi connectivity index (χ4n) is 3.20. The first-order valence-corrected chi connectivity index (χ1v) is 7.87. The maximum Gasteiger partial charge on any atom is 0.119 e. The number of aliphatic hydroxyl groups excluding tert-OH is 1. The summed E-state index contributed by atoms with van der Waals surface area (Å²) in [7, 11) is 1.68. The number of nitrogens with one attached hydrogen (secondary N) is 1. The summed E-state index contributed by atoms with van der Waals surface area (Å²) < 4.78 is 5.34. The molecule has 1 aliphatic rings. The molecule has 0 aliphatic heterocycles. The minimum Gasteiger partial charge on any atom is -0.497 e. The van der Waals surface area contributed by atoms with Crippen LogP contribution >= 0.6 is 12.4 Å². The van der Waals surface area contributed by atoms with Crippen molar-refractivity contribution >= 4 is 12.4 Å². The Kier molecular flexibility index (Phi) is 6.46. The van der Waals surface area contributed by atoms with E-state index in [0.717, 1.165) is 31.7 Å². The van der Waals surface area contributed by atoms with E-state index in [1.807, 2.05) is 24.3 Å². The molecule has 0 heterocycles. The summed E-state index contributed by atoms with van der Waals surface area (Å²) in [5.74, 6) is 0.989. The van der Waals surface area contributed by atoms with E-state index >= 15 is 0 Å². The van der Waals surface area contributed by atoms with Crippen LogP contribution < -0.4 is 10.1 Å². The average Bonchev–Trinajstić information content (AvgIpc) is 2.57. The molecule has 0 amide bonds. The lowest BCUT2D eigenvalue weighted by molar-refractivity contribution is 0.124. The van der Waals surface area contributed by atoms with E-state index in [0.29, 0.717) is 0 Å². The van der Waals surface area contributed by atoms with Crippen LogP contribution in [-0.2, 0) is 13.0 Å². The van der Waals surface area contributed by atoms with Crippen LogP contribution in [-0.4, -0.2) is 24.9 Å². The molecule has 0 saturated carbocycles. The summed E-state index contributed by atoms with van der Waals surface area (Å²) in [5.41, 5.74) is 3.81. The second kappa shape index (κ2) is 8.34. The van der Waals surface area contributed by atoms with Crippen molar-refractivity contribution in [3.05, 3.63) is 65.2 Å². The van der Waals surface area contributed by atoms with Crippen LogP contribution in [0.1, 0.15) is 29.0 Å². The van der Waals surface area contributed by atoms with Crippen LogP contribution in [0.25, 0.3) is 0 Å². The molecule has 0 aromatic heterocycles. The molecule has 0 bridgehead atoms. The van der Waals surface area contributed by atoms with Crippen LogP contribution in [0.15, 0.2) is 48.5 Å². The van der Waals surface area contributed by atoms with E-state index in [9.17, 15) is 5.11 Å². The Balaban J connectivity index is 0.00000192. The molecule has 2 atom stereocenters. The van der Waals surface area contributed by atoms with Gasteiger partial charge in [0.25, 0.3) is 0 Å². The van der Waals surface area contributed by atoms with Gasteiger partial charge in [-0.1, -0.05) is 36.4 Å². The fourth-order valence-corrected chi connectivity index (χ4v) is 3.20. The van der Waals surface area contributed by atoms with Gasteiger partial charge in [0.1, 0.15) is 5.75 Å². The van der Waals surface area contributed by atoms with Crippen LogP contribution in [0.5, 0.6) is 5.75 Å². The quantitative estimate of drug-likeness (QED) is 0.882. The van der Waals surface area contributed by atoms with E-state index in [4.69, 9.17) is 4.74 Å². The lowest BCUT2D eigenvalue weighted by atomic mass is 9.80. The van der Waals surface area contributed by atoms with Gasteiger partial charge in [-0.3, -0.25) is 0 Å². The van der Waals surface area contributed by atoms with Gasteiger partial charge in [-0.25, -0.2) is 0 Å². The van der Waals surface area contributed by atoms with E-state index < -0.39 is 0 Å². The first kappa shape index (κ1) is 17.8. The van der Waals surface area contributed by atoms with E-state index in [2.05, 4.69) is 29.6 Å². The average molecular weight is 334 g/mol. The first-order valence-electron chi connectivity index (χ1n) is 7.87. The molecule has 3 rings (SSSR count). The molecule has 3 nitrogen and oxygen atoms in total. The summed E-state index contributed by atoms with van der Waals surface area (Å²) >= 11 is 0. The van der Waals surface area contributed by atoms with Crippen molar-refractivity contribution < 1.29 is 9.84 Å². The monoisotopic (exact) mass is 333 g/mol. The van der Waals surface area contributed by atoms with Gasteiger partial charge in [0, 0.05) is 19.0 Å². The molecule has 2 aromatic carbocycles. The summed E-state index contributed by atoms with van der Waals surface area (Å²) in [5, 5.41) is 13.9. The maximum atomic E-state index is 10.4. The molecule has 2 N–H and O–H groups in total. The van der Waals surface area contributed by atoms with Crippen molar-refractivity contribution in [1.82, 2.24) is 5.32 Å². The minimum absolute atomic E-state index is 0. The molecule has 0 radical (unpaired) electrons. The highest BCUT2D eigenvalue weighted by molar-refractivity contribution is 5.85. The highest BCUT2D eigenvalue weighted by Gasteiger charge is 2.28. The number of ether oxygens (including phenoxy) is 1. The molecular weight excluding hydrogens is 310 g/mol. The van der Waals surface area contributed by atoms with Crippen molar-refractivity contribution in [2.45, 2.75) is 31.4 Å². The van der Waals surface area contributed by atoms with Gasteiger partial charge in [0.05, 0.1) is 13.2 Å². The number of hydrogen-bond donors (Lipinski definition) is 2. The third-order valence-corrected chi connectivity index (χ3v) is 4.46. The molecule has 124 valence electrons. The van der Waals surface area contributed by atoms with E-state index in [-0.39, 0.29) is 24.4 Å². The van der Waals surface area contributed by atoms with Crippen molar-refractivity contribution in [3.63, 3.8) is 0 Å². The number of methoxy groups -OCH3 is 1. The second-order valence-electron chi connectivity index (χ2n) is 5.89. The van der Waals surface area contributed by atoms with Gasteiger partial charge in [-0.2, -0.15) is 0 Å². The maximum absolute atomic E-state index is 10.4. The summed E-state index contributed by atoms with van der Waals surface area (Å²) in [4.78, 5) is 0. The Hall–Kier alpha value is -1.55. The molecule has 2 aromatic rings. The van der Waals surface area contributed by atoms with E-state index in [1.165, 1.54) is 16.7 Å². The molecular formula is C19H24ClNO2. The molecule has 0 saturated heterocycles. The summed E-state index contributed by atoms with van der Waals surface area (Å²) in [6.07, 6.45) is 1.48. The fraction of sp³-hybridized carbons (Fsp3) is 0.368. The Morgan fingerprint density at radius 1 is 1.17 bits per heavy atom. The van der Waals surface area contributed by atoms with Gasteiger partial charge in [-0.05, 0) is 41.7 Å². The van der Waals surface area contributed by atoms with Crippen LogP contribution in [0, 0.1) is 0 Å². The van der Waals surface area contributed by atoms with Gasteiger partial charge >= 0.3 is 0 Å². The van der Waals surface area contributed by atoms with Crippen LogP contribution in [0.2, 0.25) is 0 Å². The molecule has 0 spiro atoms. The molecule has 0 fully saturated rings. The number of hydrogen-bond acceptors (Lipinski definition) is 3. The summed E-state index contributed by atoms with van der Waals surface area (Å²) in [6.45, 7) is 1.60. The molecule has 4 heteroatoms. The molecule has 23 heavy (non-hydrogen) atoms. The zero-order valence-electron chi connectivity index (χ0n) is 13.4. The van der Waals surface area contributed by atoms with Crippen molar-refractivity contribution in [1.29, 1.82) is 0 Å². The smallest absolute Gasteiger partial charge is 0.119 e. The number of rotatable bonds is 5. The Morgan fingerprint density at radius 3 is 2.70 bits per heavy atom. The highest BCUT2D eigenvalue weighted by atomic mass is 35.5. The Bertz CT molecular complexity index is 618. The van der Waals surface area contributed by atoms with Gasteiger partial charge < -0.3 is 15.2 Å². The minimum atomic E-state index is -0.289. The number of halogens is 1. The number of fused-ring (bicyclic) bond motifs is 1. The third-order valence-electron chi connectivity index (χ3n) is 4.46. The van der Waals surface area contributed by atoms with Crippen molar-refractivity contribution in [2.24, 2.45) is 0 Å². The standard InChI is InChI=1S/C19H23NO2.ClH/c1-22-16-9-7-15-8-10-19(21)18(17(15)11-16)13-20-12-14-5-3-2-4-6-14;/h2-7,9,11,18-21H,8,10,12-13H2,1H3;1H. The van der Waals surface area contributed by atoms with Gasteiger partial charge in [0.15, 0.2) is 0 Å². The first-order chi connectivity index (χ1) is 10.8. The van der Waals surface area contributed by atoms with Crippen LogP contribution in [0.4, 0.5) is 0 Å².